The highest BCUT2D eigenvalue weighted by Crippen LogP contribution is 2.27. The summed E-state index contributed by atoms with van der Waals surface area (Å²) >= 11 is 7.26. The Morgan fingerprint density at radius 2 is 1.78 bits per heavy atom. The number of carbonyl (C=O) groups excluding carboxylic acids is 1. The summed E-state index contributed by atoms with van der Waals surface area (Å²) in [5.74, 6) is -0.218. The first kappa shape index (κ1) is 17.5. The summed E-state index contributed by atoms with van der Waals surface area (Å²) in [6, 6.07) is 21.7. The number of anilines is 1. The second-order valence-corrected chi connectivity index (χ2v) is 7.27. The van der Waals surface area contributed by atoms with Gasteiger partial charge in [-0.3, -0.25) is 10.1 Å². The average molecular weight is 391 g/mol. The molecular weight excluding hydrogens is 376 g/mol. The summed E-state index contributed by atoms with van der Waals surface area (Å²) < 4.78 is 0. The number of nitrogens with one attached hydrogen (secondary N) is 1. The lowest BCUT2D eigenvalue weighted by Gasteiger charge is -2.01. The molecule has 1 heterocycles. The predicted molar refractivity (Wildman–Crippen MR) is 114 cm³/mol. The Morgan fingerprint density at radius 3 is 2.59 bits per heavy atom. The molecular formula is C22H15ClN2OS. The minimum atomic E-state index is -0.218. The molecule has 0 aliphatic rings. The van der Waals surface area contributed by atoms with Gasteiger partial charge in [-0.25, -0.2) is 4.98 Å². The number of hydrogen-bond donors (Lipinski definition) is 1. The van der Waals surface area contributed by atoms with E-state index in [1.54, 1.807) is 18.2 Å². The lowest BCUT2D eigenvalue weighted by molar-refractivity contribution is -0.111. The monoisotopic (exact) mass is 390 g/mol. The summed E-state index contributed by atoms with van der Waals surface area (Å²) in [6.07, 6.45) is 3.23. The van der Waals surface area contributed by atoms with E-state index in [-0.39, 0.29) is 5.91 Å². The third-order valence-corrected chi connectivity index (χ3v) is 5.09. The Balaban J connectivity index is 1.47. The SMILES string of the molecule is O=C(/C=C/c1ccc(Cl)cc1)Nc1nc(-c2ccc3ccccc3c2)cs1. The molecule has 0 saturated carbocycles. The van der Waals surface area contributed by atoms with Crippen molar-refractivity contribution >= 4 is 50.8 Å². The number of rotatable bonds is 4. The molecule has 0 saturated heterocycles. The molecule has 3 nitrogen and oxygen atoms in total. The summed E-state index contributed by atoms with van der Waals surface area (Å²) in [6.45, 7) is 0. The number of carbonyl (C=O) groups is 1. The van der Waals surface area contributed by atoms with Crippen LogP contribution in [0.25, 0.3) is 28.1 Å². The van der Waals surface area contributed by atoms with E-state index in [9.17, 15) is 4.79 Å². The van der Waals surface area contributed by atoms with Crippen LogP contribution in [-0.2, 0) is 4.79 Å². The van der Waals surface area contributed by atoms with Gasteiger partial charge in [0.05, 0.1) is 5.69 Å². The Hall–Kier alpha value is -2.95. The molecule has 0 unspecified atom stereocenters. The molecule has 0 aliphatic carbocycles. The van der Waals surface area contributed by atoms with E-state index in [2.05, 4.69) is 34.6 Å². The van der Waals surface area contributed by atoms with Crippen molar-refractivity contribution in [3.05, 3.63) is 88.8 Å². The van der Waals surface area contributed by atoms with Crippen LogP contribution in [-0.4, -0.2) is 10.9 Å². The quantitative estimate of drug-likeness (QED) is 0.417. The van der Waals surface area contributed by atoms with E-state index in [4.69, 9.17) is 11.6 Å². The largest absolute Gasteiger partial charge is 0.298 e. The van der Waals surface area contributed by atoms with E-state index in [1.807, 2.05) is 35.7 Å². The first-order valence-electron chi connectivity index (χ1n) is 8.37. The van der Waals surface area contributed by atoms with Gasteiger partial charge < -0.3 is 0 Å². The van der Waals surface area contributed by atoms with Gasteiger partial charge in [-0.1, -0.05) is 60.1 Å². The number of amides is 1. The van der Waals surface area contributed by atoms with Crippen LogP contribution in [0.5, 0.6) is 0 Å². The second-order valence-electron chi connectivity index (χ2n) is 5.97. The Morgan fingerprint density at radius 1 is 1.00 bits per heavy atom. The minimum absolute atomic E-state index is 0.218. The first-order valence-corrected chi connectivity index (χ1v) is 9.62. The van der Waals surface area contributed by atoms with Gasteiger partial charge in [0.25, 0.3) is 0 Å². The van der Waals surface area contributed by atoms with Gasteiger partial charge in [-0.15, -0.1) is 11.3 Å². The molecule has 0 radical (unpaired) electrons. The molecule has 4 aromatic rings. The molecule has 1 amide bonds. The topological polar surface area (TPSA) is 42.0 Å². The first-order chi connectivity index (χ1) is 13.2. The summed E-state index contributed by atoms with van der Waals surface area (Å²) in [5.41, 5.74) is 2.79. The van der Waals surface area contributed by atoms with E-state index < -0.39 is 0 Å². The third kappa shape index (κ3) is 4.25. The number of thiazole rings is 1. The second kappa shape index (κ2) is 7.74. The molecule has 132 valence electrons. The van der Waals surface area contributed by atoms with Crippen LogP contribution in [0.15, 0.2) is 78.2 Å². The van der Waals surface area contributed by atoms with Gasteiger partial charge >= 0.3 is 0 Å². The fourth-order valence-corrected chi connectivity index (χ4v) is 3.55. The van der Waals surface area contributed by atoms with E-state index >= 15 is 0 Å². The third-order valence-electron chi connectivity index (χ3n) is 4.08. The molecule has 0 bridgehead atoms. The number of nitrogens with zero attached hydrogens (tertiary/aromatic N) is 1. The number of fused-ring (bicyclic) bond motifs is 1. The highest BCUT2D eigenvalue weighted by molar-refractivity contribution is 7.14. The number of benzene rings is 3. The normalized spacial score (nSPS) is 11.1. The zero-order valence-electron chi connectivity index (χ0n) is 14.2. The average Bonchev–Trinajstić information content (AvgIpc) is 3.15. The highest BCUT2D eigenvalue weighted by Gasteiger charge is 2.07. The Kier molecular flexibility index (Phi) is 5.01. The molecule has 27 heavy (non-hydrogen) atoms. The van der Waals surface area contributed by atoms with Gasteiger partial charge in [0, 0.05) is 22.0 Å². The zero-order valence-corrected chi connectivity index (χ0v) is 15.8. The lowest BCUT2D eigenvalue weighted by Crippen LogP contribution is -2.07. The molecule has 1 N–H and O–H groups in total. The van der Waals surface area contributed by atoms with Crippen LogP contribution in [0.1, 0.15) is 5.56 Å². The van der Waals surface area contributed by atoms with Gasteiger partial charge in [-0.05, 0) is 40.6 Å². The molecule has 0 atom stereocenters. The lowest BCUT2D eigenvalue weighted by atomic mass is 10.1. The molecule has 0 aliphatic heterocycles. The van der Waals surface area contributed by atoms with Crippen molar-refractivity contribution in [1.82, 2.24) is 4.98 Å². The van der Waals surface area contributed by atoms with Crippen LogP contribution in [0.3, 0.4) is 0 Å². The van der Waals surface area contributed by atoms with Crippen molar-refractivity contribution in [2.45, 2.75) is 0 Å². The Bertz CT molecular complexity index is 1130. The maximum absolute atomic E-state index is 12.1. The molecule has 5 heteroatoms. The van der Waals surface area contributed by atoms with E-state index in [1.165, 1.54) is 28.2 Å². The predicted octanol–water partition coefficient (Wildman–Crippen LogP) is 6.27. The number of hydrogen-bond acceptors (Lipinski definition) is 3. The van der Waals surface area contributed by atoms with Gasteiger partial charge in [0.15, 0.2) is 5.13 Å². The summed E-state index contributed by atoms with van der Waals surface area (Å²) in [4.78, 5) is 16.6. The zero-order chi connectivity index (χ0) is 18.6. The number of aromatic nitrogens is 1. The van der Waals surface area contributed by atoms with Crippen molar-refractivity contribution < 1.29 is 4.79 Å². The fourth-order valence-electron chi connectivity index (χ4n) is 2.71. The molecule has 4 rings (SSSR count). The number of halogens is 1. The molecule has 1 aromatic heterocycles. The maximum Gasteiger partial charge on any atom is 0.250 e. The smallest absolute Gasteiger partial charge is 0.250 e. The van der Waals surface area contributed by atoms with Crippen LogP contribution in [0.2, 0.25) is 5.02 Å². The molecule has 0 fully saturated rings. The van der Waals surface area contributed by atoms with Gasteiger partial charge in [-0.2, -0.15) is 0 Å². The van der Waals surface area contributed by atoms with Crippen molar-refractivity contribution in [2.24, 2.45) is 0 Å². The van der Waals surface area contributed by atoms with Crippen LogP contribution < -0.4 is 5.32 Å². The standard InChI is InChI=1S/C22H15ClN2OS/c23-19-10-5-15(6-11-19)7-12-21(26)25-22-24-20(14-27-22)18-9-8-16-3-1-2-4-17(16)13-18/h1-14H,(H,24,25,26)/b12-7+. The molecule has 0 spiro atoms. The van der Waals surface area contributed by atoms with Gasteiger partial charge in [0.1, 0.15) is 0 Å². The molecule has 3 aromatic carbocycles. The Labute approximate surface area is 166 Å². The van der Waals surface area contributed by atoms with Crippen molar-refractivity contribution in [2.75, 3.05) is 5.32 Å². The fraction of sp³-hybridized carbons (Fsp3) is 0. The summed E-state index contributed by atoms with van der Waals surface area (Å²) in [5, 5.41) is 8.35. The van der Waals surface area contributed by atoms with Crippen molar-refractivity contribution in [3.63, 3.8) is 0 Å². The van der Waals surface area contributed by atoms with E-state index in [0.29, 0.717) is 10.2 Å². The van der Waals surface area contributed by atoms with Crippen molar-refractivity contribution in [1.29, 1.82) is 0 Å². The summed E-state index contributed by atoms with van der Waals surface area (Å²) in [7, 11) is 0. The maximum atomic E-state index is 12.1. The van der Waals surface area contributed by atoms with Gasteiger partial charge in [0.2, 0.25) is 5.91 Å². The van der Waals surface area contributed by atoms with Crippen LogP contribution in [0.4, 0.5) is 5.13 Å². The highest BCUT2D eigenvalue weighted by atomic mass is 35.5. The van der Waals surface area contributed by atoms with E-state index in [0.717, 1.165) is 16.8 Å². The van der Waals surface area contributed by atoms with Crippen molar-refractivity contribution in [3.8, 4) is 11.3 Å². The van der Waals surface area contributed by atoms with Crippen LogP contribution in [0, 0.1) is 0 Å². The minimum Gasteiger partial charge on any atom is -0.298 e. The van der Waals surface area contributed by atoms with Crippen LogP contribution >= 0.6 is 22.9 Å².